The number of rotatable bonds is 16. The quantitative estimate of drug-likeness (QED) is 0.0643. The lowest BCUT2D eigenvalue weighted by atomic mass is 10.1. The van der Waals surface area contributed by atoms with Crippen LogP contribution in [0.3, 0.4) is 0 Å². The van der Waals surface area contributed by atoms with Crippen molar-refractivity contribution >= 4 is 112 Å². The van der Waals surface area contributed by atoms with Crippen LogP contribution in [-0.4, -0.2) is 146 Å². The van der Waals surface area contributed by atoms with Crippen molar-refractivity contribution in [1.82, 2.24) is 28.9 Å². The van der Waals surface area contributed by atoms with E-state index in [9.17, 15) is 36.0 Å². The number of halogens is 2. The molecule has 6 heterocycles. The molecular weight excluding hydrogens is 1310 g/mol. The van der Waals surface area contributed by atoms with E-state index >= 15 is 0 Å². The van der Waals surface area contributed by atoms with Gasteiger partial charge in [-0.05, 0) is 104 Å². The van der Waals surface area contributed by atoms with Crippen LogP contribution in [0.15, 0.2) is 107 Å². The summed E-state index contributed by atoms with van der Waals surface area (Å²) in [5.74, 6) is 0.422. The average Bonchev–Trinajstić information content (AvgIpc) is 1.62. The first-order valence-electron chi connectivity index (χ1n) is 29.3. The van der Waals surface area contributed by atoms with Crippen LogP contribution in [0.25, 0.3) is 32.1 Å². The third kappa shape index (κ3) is 16.4. The second-order valence-corrected chi connectivity index (χ2v) is 30.9. The molecule has 92 heavy (non-hydrogen) atoms. The number of benzene rings is 4. The highest BCUT2D eigenvalue weighted by Gasteiger charge is 2.32. The summed E-state index contributed by atoms with van der Waals surface area (Å²) in [6.07, 6.45) is 5.82. The first-order valence-corrected chi connectivity index (χ1v) is 35.4. The molecule has 0 unspecified atom stereocenters. The number of thiophene rings is 2. The molecule has 2 saturated heterocycles. The van der Waals surface area contributed by atoms with Crippen molar-refractivity contribution in [3.05, 3.63) is 129 Å². The second kappa shape index (κ2) is 27.9. The summed E-state index contributed by atoms with van der Waals surface area (Å²) >= 11 is 16.0. The number of sulfone groups is 2. The Kier molecular flexibility index (Phi) is 20.9. The van der Waals surface area contributed by atoms with Crippen molar-refractivity contribution in [2.75, 3.05) is 52.9 Å². The lowest BCUT2D eigenvalue weighted by Gasteiger charge is -2.33. The minimum atomic E-state index is -3.45. The van der Waals surface area contributed by atoms with E-state index in [0.717, 1.165) is 35.2 Å². The van der Waals surface area contributed by atoms with Crippen LogP contribution in [0.1, 0.15) is 124 Å². The maximum Gasteiger partial charge on any atom is 0.410 e. The summed E-state index contributed by atoms with van der Waals surface area (Å²) in [7, 11) is -4.26. The maximum atomic E-state index is 12.8. The average molecular weight is 1380 g/mol. The number of likely N-dealkylation sites (tertiary alicyclic amines) is 2. The Bertz CT molecular complexity index is 4290. The standard InChI is InChI=1S/2C32H36ClN3O8S2/c1-19(22-8-7-9-25(28(22)33)43-20-12-14-35(15-13-20)31(38)44-32(2,3)4)42-26-17-27(45-29(26)30(37)41-5)36-18-34-23-16-21(46(6,39)40)10-11-24(23)36;1-19(22-8-7-9-25(28(22)33)43-20-12-14-35(15-13-20)31(38)44-32(2,3)4)42-26-17-27(45-29(26)30(37)41-5)36-18-34-23-11-10-21(16-24(23)36)46(6,39)40/h2*7-11,16-20H,12-15H2,1-6H3/t2*19-/m11/s1. The Morgan fingerprint density at radius 2 is 0.946 bits per heavy atom. The summed E-state index contributed by atoms with van der Waals surface area (Å²) in [6.45, 7) is 16.7. The summed E-state index contributed by atoms with van der Waals surface area (Å²) in [6, 6.07) is 23.7. The van der Waals surface area contributed by atoms with E-state index in [-0.39, 0.29) is 49.7 Å². The zero-order valence-corrected chi connectivity index (χ0v) is 57.6. The third-order valence-corrected chi connectivity index (χ3v) is 19.9. The van der Waals surface area contributed by atoms with E-state index in [1.165, 1.54) is 32.4 Å². The van der Waals surface area contributed by atoms with Crippen molar-refractivity contribution < 1.29 is 73.9 Å². The van der Waals surface area contributed by atoms with Crippen molar-refractivity contribution in [1.29, 1.82) is 0 Å². The van der Waals surface area contributed by atoms with Gasteiger partial charge in [0.05, 0.1) is 56.1 Å². The zero-order valence-electron chi connectivity index (χ0n) is 52.8. The molecule has 492 valence electrons. The van der Waals surface area contributed by atoms with Gasteiger partial charge in [-0.2, -0.15) is 0 Å². The predicted octanol–water partition coefficient (Wildman–Crippen LogP) is 13.7. The van der Waals surface area contributed by atoms with Crippen molar-refractivity contribution in [3.63, 3.8) is 0 Å². The van der Waals surface area contributed by atoms with Gasteiger partial charge in [0.15, 0.2) is 29.4 Å². The van der Waals surface area contributed by atoms with E-state index in [4.69, 9.17) is 61.1 Å². The van der Waals surface area contributed by atoms with Crippen LogP contribution in [0.4, 0.5) is 9.59 Å². The molecule has 10 rings (SSSR count). The highest BCUT2D eigenvalue weighted by molar-refractivity contribution is 7.91. The van der Waals surface area contributed by atoms with Crippen LogP contribution in [-0.2, 0) is 38.6 Å². The van der Waals surface area contributed by atoms with E-state index in [0.29, 0.717) is 122 Å². The Balaban J connectivity index is 0.000000217. The summed E-state index contributed by atoms with van der Waals surface area (Å²) in [4.78, 5) is 63.3. The molecular formula is C64H72Cl2N6O16S4. The number of hydrogen-bond donors (Lipinski definition) is 0. The first kappa shape index (κ1) is 68.7. The number of imidazole rings is 2. The molecule has 0 radical (unpaired) electrons. The minimum absolute atomic E-state index is 0.133. The van der Waals surface area contributed by atoms with Crippen LogP contribution < -0.4 is 18.9 Å². The minimum Gasteiger partial charge on any atom is -0.489 e. The van der Waals surface area contributed by atoms with Gasteiger partial charge < -0.3 is 47.7 Å². The number of fused-ring (bicyclic) bond motifs is 2. The van der Waals surface area contributed by atoms with Gasteiger partial charge in [0.1, 0.15) is 81.3 Å². The lowest BCUT2D eigenvalue weighted by molar-refractivity contribution is 0.0115. The molecule has 4 aromatic carbocycles. The monoisotopic (exact) mass is 1380 g/mol. The molecule has 0 N–H and O–H groups in total. The van der Waals surface area contributed by atoms with Gasteiger partial charge in [-0.3, -0.25) is 9.13 Å². The van der Waals surface area contributed by atoms with E-state index in [2.05, 4.69) is 9.97 Å². The Morgan fingerprint density at radius 3 is 1.36 bits per heavy atom. The number of carbonyl (C=O) groups is 4. The van der Waals surface area contributed by atoms with Crippen LogP contribution in [0.2, 0.25) is 10.0 Å². The number of amides is 2. The molecule has 2 atom stereocenters. The molecule has 8 aromatic rings. The second-order valence-electron chi connectivity index (χ2n) is 24.0. The van der Waals surface area contributed by atoms with E-state index in [1.807, 2.05) is 79.7 Å². The SMILES string of the molecule is COC(=O)c1sc(-n2cnc3cc(S(C)(=O)=O)ccc32)cc1O[C@H](C)c1cccc(OC2CCN(C(=O)OC(C)(C)C)CC2)c1Cl.COC(=O)c1sc(-n2cnc3ccc(S(C)(=O)=O)cc32)cc1O[C@H](C)c1cccc(OC2CCN(C(=O)OC(C)(C)C)CC2)c1Cl. The van der Waals surface area contributed by atoms with Crippen LogP contribution >= 0.6 is 45.9 Å². The fourth-order valence-electron chi connectivity index (χ4n) is 10.1. The third-order valence-electron chi connectivity index (χ3n) is 14.7. The number of ether oxygens (including phenoxy) is 8. The van der Waals surface area contributed by atoms with Gasteiger partial charge in [-0.25, -0.2) is 46.0 Å². The molecule has 0 bridgehead atoms. The number of aromatic nitrogens is 4. The highest BCUT2D eigenvalue weighted by Crippen LogP contribution is 2.43. The van der Waals surface area contributed by atoms with E-state index < -0.39 is 55.0 Å². The van der Waals surface area contributed by atoms with Gasteiger partial charge in [-0.15, -0.1) is 22.7 Å². The maximum absolute atomic E-state index is 12.8. The smallest absolute Gasteiger partial charge is 0.410 e. The fourth-order valence-corrected chi connectivity index (χ4v) is 14.0. The largest absolute Gasteiger partial charge is 0.489 e. The Labute approximate surface area is 552 Å². The zero-order chi connectivity index (χ0) is 66.8. The number of piperidine rings is 2. The summed E-state index contributed by atoms with van der Waals surface area (Å²) in [5, 5.41) is 1.98. The van der Waals surface area contributed by atoms with E-state index in [1.54, 1.807) is 74.1 Å². The summed E-state index contributed by atoms with van der Waals surface area (Å²) < 4.78 is 98.0. The number of nitrogens with zero attached hydrogens (tertiary/aromatic N) is 6. The molecule has 2 aliphatic heterocycles. The molecule has 4 aromatic heterocycles. The molecule has 0 spiro atoms. The molecule has 2 aliphatic rings. The highest BCUT2D eigenvalue weighted by atomic mass is 35.5. The predicted molar refractivity (Wildman–Crippen MR) is 351 cm³/mol. The van der Waals surface area contributed by atoms with Crippen molar-refractivity contribution in [3.8, 4) is 33.0 Å². The van der Waals surface area contributed by atoms with Crippen molar-refractivity contribution in [2.45, 2.75) is 126 Å². The number of esters is 2. The Hall–Kier alpha value is -7.62. The molecule has 2 fully saturated rings. The first-order chi connectivity index (χ1) is 43.3. The van der Waals surface area contributed by atoms with Gasteiger partial charge in [-0.1, -0.05) is 47.5 Å². The number of carbonyl (C=O) groups excluding carboxylic acids is 4. The molecule has 0 saturated carbocycles. The van der Waals surface area contributed by atoms with Gasteiger partial charge in [0.25, 0.3) is 0 Å². The van der Waals surface area contributed by atoms with Gasteiger partial charge >= 0.3 is 24.1 Å². The molecule has 28 heteroatoms. The van der Waals surface area contributed by atoms with Gasteiger partial charge in [0, 0.05) is 87.6 Å². The number of methoxy groups -OCH3 is 2. The topological polar surface area (TPSA) is 253 Å². The number of hydrogen-bond acceptors (Lipinski definition) is 20. The van der Waals surface area contributed by atoms with Crippen LogP contribution in [0.5, 0.6) is 23.0 Å². The van der Waals surface area contributed by atoms with Crippen molar-refractivity contribution in [2.24, 2.45) is 0 Å². The molecule has 22 nitrogen and oxygen atoms in total. The van der Waals surface area contributed by atoms with Gasteiger partial charge in [0.2, 0.25) is 0 Å². The molecule has 2 amide bonds. The normalized spacial score (nSPS) is 15.1. The summed E-state index contributed by atoms with van der Waals surface area (Å²) in [5.41, 5.74) is 2.51. The lowest BCUT2D eigenvalue weighted by Crippen LogP contribution is -2.44. The van der Waals surface area contributed by atoms with Crippen LogP contribution in [0, 0.1) is 0 Å². The molecule has 0 aliphatic carbocycles. The Morgan fingerprint density at radius 1 is 0.543 bits per heavy atom. The fraction of sp³-hybridized carbons (Fsp3) is 0.406.